The van der Waals surface area contributed by atoms with Crippen molar-refractivity contribution in [3.05, 3.63) is 30.1 Å². The summed E-state index contributed by atoms with van der Waals surface area (Å²) in [7, 11) is 0. The van der Waals surface area contributed by atoms with Crippen LogP contribution in [0.3, 0.4) is 0 Å². The standard InChI is InChI=1S/C12H11FN2O2S/c13-8-2-1-3-9(6-8)15-11(16)10-7-18-5-4-14(10)12(15)17/h1-3,6,10H,4-5,7H2. The second-order valence-corrected chi connectivity index (χ2v) is 5.37. The molecule has 2 fully saturated rings. The predicted molar refractivity (Wildman–Crippen MR) is 67.1 cm³/mol. The molecule has 0 N–H and O–H groups in total. The van der Waals surface area contributed by atoms with Crippen LogP contribution in [0.2, 0.25) is 0 Å². The largest absolute Gasteiger partial charge is 0.332 e. The van der Waals surface area contributed by atoms with Gasteiger partial charge in [-0.3, -0.25) is 4.79 Å². The molecule has 3 amide bonds. The first kappa shape index (κ1) is 11.5. The fraction of sp³-hybridized carbons (Fsp3) is 0.333. The summed E-state index contributed by atoms with van der Waals surface area (Å²) < 4.78 is 13.2. The Labute approximate surface area is 108 Å². The molecule has 3 rings (SSSR count). The number of carbonyl (C=O) groups excluding carboxylic acids is 2. The summed E-state index contributed by atoms with van der Waals surface area (Å²) in [5.41, 5.74) is 0.310. The lowest BCUT2D eigenvalue weighted by Gasteiger charge is -2.25. The number of thioether (sulfide) groups is 1. The van der Waals surface area contributed by atoms with Crippen LogP contribution in [0.5, 0.6) is 0 Å². The van der Waals surface area contributed by atoms with Crippen molar-refractivity contribution in [2.45, 2.75) is 6.04 Å². The van der Waals surface area contributed by atoms with Crippen molar-refractivity contribution < 1.29 is 14.0 Å². The third kappa shape index (κ3) is 1.68. The molecule has 6 heteroatoms. The average Bonchev–Trinajstić information content (AvgIpc) is 2.63. The van der Waals surface area contributed by atoms with Gasteiger partial charge in [-0.2, -0.15) is 11.8 Å². The van der Waals surface area contributed by atoms with Gasteiger partial charge >= 0.3 is 6.03 Å². The fourth-order valence-corrected chi connectivity index (χ4v) is 3.30. The molecule has 2 aliphatic heterocycles. The number of rotatable bonds is 1. The molecule has 0 saturated carbocycles. The Morgan fingerprint density at radius 3 is 2.89 bits per heavy atom. The molecular formula is C12H11FN2O2S. The van der Waals surface area contributed by atoms with Crippen LogP contribution in [0.4, 0.5) is 14.9 Å². The molecular weight excluding hydrogens is 255 g/mol. The number of urea groups is 1. The minimum absolute atomic E-state index is 0.252. The number of nitrogens with zero attached hydrogens (tertiary/aromatic N) is 2. The zero-order valence-electron chi connectivity index (χ0n) is 9.51. The Kier molecular flexibility index (Phi) is 2.74. The van der Waals surface area contributed by atoms with E-state index in [0.29, 0.717) is 18.0 Å². The number of imide groups is 1. The van der Waals surface area contributed by atoms with Gasteiger partial charge in [-0.25, -0.2) is 14.1 Å². The number of halogens is 1. The average molecular weight is 266 g/mol. The topological polar surface area (TPSA) is 40.6 Å². The van der Waals surface area contributed by atoms with Crippen molar-refractivity contribution in [3.8, 4) is 0 Å². The summed E-state index contributed by atoms with van der Waals surface area (Å²) in [5.74, 6) is 0.758. The summed E-state index contributed by atoms with van der Waals surface area (Å²) in [6.07, 6.45) is 0. The first-order valence-electron chi connectivity index (χ1n) is 5.66. The molecule has 4 nitrogen and oxygen atoms in total. The number of hydrogen-bond acceptors (Lipinski definition) is 3. The molecule has 1 unspecified atom stereocenters. The highest BCUT2D eigenvalue weighted by Gasteiger charge is 2.46. The van der Waals surface area contributed by atoms with Gasteiger partial charge in [0.1, 0.15) is 11.9 Å². The number of carbonyl (C=O) groups is 2. The monoisotopic (exact) mass is 266 g/mol. The first-order valence-corrected chi connectivity index (χ1v) is 6.82. The summed E-state index contributed by atoms with van der Waals surface area (Å²) in [5, 5.41) is 0. The van der Waals surface area contributed by atoms with Gasteiger partial charge in [0.05, 0.1) is 5.69 Å². The van der Waals surface area contributed by atoms with E-state index in [1.165, 1.54) is 18.2 Å². The van der Waals surface area contributed by atoms with Gasteiger partial charge in [-0.1, -0.05) is 6.07 Å². The molecule has 1 atom stereocenters. The van der Waals surface area contributed by atoms with E-state index in [-0.39, 0.29) is 18.0 Å². The smallest absolute Gasteiger partial charge is 0.310 e. The Bertz CT molecular complexity index is 499. The number of anilines is 1. The molecule has 94 valence electrons. The quantitative estimate of drug-likeness (QED) is 0.727. The SMILES string of the molecule is O=C1C2CSCCN2C(=O)N1c1cccc(F)c1. The van der Waals surface area contributed by atoms with E-state index >= 15 is 0 Å². The summed E-state index contributed by atoms with van der Waals surface area (Å²) in [4.78, 5) is 27.0. The fourth-order valence-electron chi connectivity index (χ4n) is 2.26. The number of benzene rings is 1. The maximum atomic E-state index is 13.2. The Hall–Kier alpha value is -1.56. The molecule has 0 aliphatic carbocycles. The normalized spacial score (nSPS) is 23.5. The molecule has 0 radical (unpaired) electrons. The van der Waals surface area contributed by atoms with Gasteiger partial charge in [0.15, 0.2) is 0 Å². The molecule has 0 bridgehead atoms. The minimum atomic E-state index is -0.452. The van der Waals surface area contributed by atoms with Crippen LogP contribution < -0.4 is 4.90 Å². The van der Waals surface area contributed by atoms with Gasteiger partial charge in [0.2, 0.25) is 0 Å². The van der Waals surface area contributed by atoms with Crippen LogP contribution in [0, 0.1) is 5.82 Å². The first-order chi connectivity index (χ1) is 8.68. The second kappa shape index (κ2) is 4.28. The third-order valence-electron chi connectivity index (χ3n) is 3.14. The van der Waals surface area contributed by atoms with Gasteiger partial charge in [0.25, 0.3) is 5.91 Å². The highest BCUT2D eigenvalue weighted by molar-refractivity contribution is 7.99. The van der Waals surface area contributed by atoms with E-state index < -0.39 is 5.82 Å². The molecule has 0 aromatic heterocycles. The number of hydrogen-bond donors (Lipinski definition) is 0. The van der Waals surface area contributed by atoms with E-state index in [4.69, 9.17) is 0 Å². The molecule has 18 heavy (non-hydrogen) atoms. The van der Waals surface area contributed by atoms with Crippen LogP contribution in [-0.4, -0.2) is 40.9 Å². The van der Waals surface area contributed by atoms with Crippen LogP contribution in [-0.2, 0) is 4.79 Å². The van der Waals surface area contributed by atoms with Crippen LogP contribution >= 0.6 is 11.8 Å². The van der Waals surface area contributed by atoms with E-state index in [1.807, 2.05) is 0 Å². The highest BCUT2D eigenvalue weighted by atomic mass is 32.2. The van der Waals surface area contributed by atoms with Crippen LogP contribution in [0.1, 0.15) is 0 Å². The lowest BCUT2D eigenvalue weighted by molar-refractivity contribution is -0.119. The van der Waals surface area contributed by atoms with Crippen LogP contribution in [0.25, 0.3) is 0 Å². The molecule has 0 spiro atoms. The minimum Gasteiger partial charge on any atom is -0.310 e. The molecule has 2 aliphatic rings. The molecule has 1 aromatic carbocycles. The van der Waals surface area contributed by atoms with E-state index in [1.54, 1.807) is 22.7 Å². The van der Waals surface area contributed by atoms with Crippen molar-refractivity contribution >= 4 is 29.4 Å². The van der Waals surface area contributed by atoms with Crippen molar-refractivity contribution in [2.24, 2.45) is 0 Å². The zero-order chi connectivity index (χ0) is 12.7. The van der Waals surface area contributed by atoms with Crippen molar-refractivity contribution in [1.29, 1.82) is 0 Å². The van der Waals surface area contributed by atoms with Gasteiger partial charge in [-0.05, 0) is 18.2 Å². The summed E-state index contributed by atoms with van der Waals surface area (Å²) in [6.45, 7) is 0.575. The molecule has 2 heterocycles. The Morgan fingerprint density at radius 1 is 1.33 bits per heavy atom. The van der Waals surface area contributed by atoms with Crippen molar-refractivity contribution in [1.82, 2.24) is 4.90 Å². The van der Waals surface area contributed by atoms with E-state index in [9.17, 15) is 14.0 Å². The highest BCUT2D eigenvalue weighted by Crippen LogP contribution is 2.29. The van der Waals surface area contributed by atoms with Gasteiger partial charge in [0, 0.05) is 18.1 Å². The van der Waals surface area contributed by atoms with E-state index in [0.717, 1.165) is 10.7 Å². The summed E-state index contributed by atoms with van der Waals surface area (Å²) >= 11 is 1.66. The maximum absolute atomic E-state index is 13.2. The summed E-state index contributed by atoms with van der Waals surface area (Å²) in [6, 6.07) is 4.84. The molecule has 1 aromatic rings. The Balaban J connectivity index is 1.97. The third-order valence-corrected chi connectivity index (χ3v) is 4.16. The predicted octanol–water partition coefficient (Wildman–Crippen LogP) is 1.71. The lowest BCUT2D eigenvalue weighted by atomic mass is 10.2. The number of fused-ring (bicyclic) bond motifs is 1. The second-order valence-electron chi connectivity index (χ2n) is 4.22. The van der Waals surface area contributed by atoms with Crippen molar-refractivity contribution in [3.63, 3.8) is 0 Å². The van der Waals surface area contributed by atoms with Gasteiger partial charge in [-0.15, -0.1) is 0 Å². The van der Waals surface area contributed by atoms with Gasteiger partial charge < -0.3 is 4.90 Å². The zero-order valence-corrected chi connectivity index (χ0v) is 10.3. The van der Waals surface area contributed by atoms with Crippen LogP contribution in [0.15, 0.2) is 24.3 Å². The maximum Gasteiger partial charge on any atom is 0.332 e. The van der Waals surface area contributed by atoms with Crippen molar-refractivity contribution in [2.75, 3.05) is 23.0 Å². The van der Waals surface area contributed by atoms with E-state index in [2.05, 4.69) is 0 Å². The Morgan fingerprint density at radius 2 is 2.17 bits per heavy atom. The number of amides is 3. The molecule has 2 saturated heterocycles. The lowest BCUT2D eigenvalue weighted by Crippen LogP contribution is -2.41.